The average Bonchev–Trinajstić information content (AvgIpc) is 3.12. The number of rotatable bonds is 5. The SMILES string of the molecule is O=C(NCCn1nc(-c2ccc(Cl)cc2)ccc1=O)c1cccs1. The average molecular weight is 360 g/mol. The zero-order chi connectivity index (χ0) is 16.9. The van der Waals surface area contributed by atoms with Crippen LogP contribution in [-0.4, -0.2) is 22.2 Å². The molecule has 3 aromatic rings. The second kappa shape index (κ2) is 7.42. The van der Waals surface area contributed by atoms with Gasteiger partial charge in [-0.2, -0.15) is 5.10 Å². The molecule has 122 valence electrons. The van der Waals surface area contributed by atoms with Gasteiger partial charge < -0.3 is 5.32 Å². The largest absolute Gasteiger partial charge is 0.349 e. The van der Waals surface area contributed by atoms with Crippen molar-refractivity contribution in [3.05, 3.63) is 74.2 Å². The van der Waals surface area contributed by atoms with E-state index in [4.69, 9.17) is 11.6 Å². The van der Waals surface area contributed by atoms with Gasteiger partial charge in [-0.3, -0.25) is 9.59 Å². The predicted molar refractivity (Wildman–Crippen MR) is 95.6 cm³/mol. The molecule has 7 heteroatoms. The number of hydrogen-bond donors (Lipinski definition) is 1. The topological polar surface area (TPSA) is 64.0 Å². The van der Waals surface area contributed by atoms with E-state index in [1.54, 1.807) is 24.3 Å². The maximum Gasteiger partial charge on any atom is 0.266 e. The van der Waals surface area contributed by atoms with Crippen LogP contribution >= 0.6 is 22.9 Å². The monoisotopic (exact) mass is 359 g/mol. The Morgan fingerprint density at radius 3 is 2.67 bits per heavy atom. The van der Waals surface area contributed by atoms with Crippen molar-refractivity contribution in [2.45, 2.75) is 6.54 Å². The van der Waals surface area contributed by atoms with Crippen LogP contribution in [0.2, 0.25) is 5.02 Å². The summed E-state index contributed by atoms with van der Waals surface area (Å²) in [6.07, 6.45) is 0. The lowest BCUT2D eigenvalue weighted by Crippen LogP contribution is -2.31. The van der Waals surface area contributed by atoms with Crippen molar-refractivity contribution in [3.63, 3.8) is 0 Å². The Balaban J connectivity index is 1.69. The first-order valence-corrected chi connectivity index (χ1v) is 8.55. The molecule has 2 aromatic heterocycles. The lowest BCUT2D eigenvalue weighted by atomic mass is 10.1. The van der Waals surface area contributed by atoms with Crippen LogP contribution in [0.1, 0.15) is 9.67 Å². The summed E-state index contributed by atoms with van der Waals surface area (Å²) in [4.78, 5) is 24.5. The Labute approximate surface area is 147 Å². The molecule has 0 unspecified atom stereocenters. The van der Waals surface area contributed by atoms with Crippen LogP contribution < -0.4 is 10.9 Å². The lowest BCUT2D eigenvalue weighted by Gasteiger charge is -2.08. The summed E-state index contributed by atoms with van der Waals surface area (Å²) in [7, 11) is 0. The van der Waals surface area contributed by atoms with E-state index < -0.39 is 0 Å². The van der Waals surface area contributed by atoms with Crippen molar-refractivity contribution in [1.82, 2.24) is 15.1 Å². The molecule has 0 aliphatic heterocycles. The highest BCUT2D eigenvalue weighted by Crippen LogP contribution is 2.18. The lowest BCUT2D eigenvalue weighted by molar-refractivity contribution is 0.0956. The molecule has 1 aromatic carbocycles. The molecular formula is C17H14ClN3O2S. The van der Waals surface area contributed by atoms with Crippen LogP contribution in [0.15, 0.2) is 58.7 Å². The Hall–Kier alpha value is -2.44. The van der Waals surface area contributed by atoms with Gasteiger partial charge in [0.05, 0.1) is 17.1 Å². The van der Waals surface area contributed by atoms with Gasteiger partial charge in [0.1, 0.15) is 0 Å². The highest BCUT2D eigenvalue weighted by Gasteiger charge is 2.07. The highest BCUT2D eigenvalue weighted by molar-refractivity contribution is 7.12. The molecule has 0 fully saturated rings. The normalized spacial score (nSPS) is 10.5. The number of nitrogens with one attached hydrogen (secondary N) is 1. The van der Waals surface area contributed by atoms with Crippen LogP contribution in [-0.2, 0) is 6.54 Å². The molecule has 0 bridgehead atoms. The summed E-state index contributed by atoms with van der Waals surface area (Å²) in [5, 5.41) is 9.61. The minimum Gasteiger partial charge on any atom is -0.349 e. The number of hydrogen-bond acceptors (Lipinski definition) is 4. The Morgan fingerprint density at radius 2 is 1.96 bits per heavy atom. The zero-order valence-electron chi connectivity index (χ0n) is 12.6. The van der Waals surface area contributed by atoms with Gasteiger partial charge in [-0.05, 0) is 29.6 Å². The van der Waals surface area contributed by atoms with Gasteiger partial charge >= 0.3 is 0 Å². The van der Waals surface area contributed by atoms with Gasteiger partial charge in [0, 0.05) is 23.2 Å². The third kappa shape index (κ3) is 3.90. The second-order valence-electron chi connectivity index (χ2n) is 5.02. The minimum absolute atomic E-state index is 0.146. The molecule has 0 radical (unpaired) electrons. The summed E-state index contributed by atoms with van der Waals surface area (Å²) >= 11 is 7.26. The molecule has 0 atom stereocenters. The molecule has 0 saturated heterocycles. The van der Waals surface area contributed by atoms with Gasteiger partial charge in [-0.15, -0.1) is 11.3 Å². The number of halogens is 1. The van der Waals surface area contributed by atoms with E-state index in [0.717, 1.165) is 5.56 Å². The van der Waals surface area contributed by atoms with Crippen molar-refractivity contribution in [2.24, 2.45) is 0 Å². The van der Waals surface area contributed by atoms with Crippen molar-refractivity contribution < 1.29 is 4.79 Å². The molecule has 5 nitrogen and oxygen atoms in total. The second-order valence-corrected chi connectivity index (χ2v) is 6.40. The van der Waals surface area contributed by atoms with Crippen molar-refractivity contribution in [3.8, 4) is 11.3 Å². The van der Waals surface area contributed by atoms with E-state index >= 15 is 0 Å². The summed E-state index contributed by atoms with van der Waals surface area (Å²) in [5.74, 6) is -0.146. The molecule has 3 rings (SSSR count). The molecule has 0 spiro atoms. The minimum atomic E-state index is -0.210. The maximum atomic E-state index is 11.9. The third-order valence-electron chi connectivity index (χ3n) is 3.36. The smallest absolute Gasteiger partial charge is 0.266 e. The quantitative estimate of drug-likeness (QED) is 0.761. The first-order chi connectivity index (χ1) is 11.6. The maximum absolute atomic E-state index is 11.9. The predicted octanol–water partition coefficient (Wildman–Crippen LogP) is 3.06. The Bertz CT molecular complexity index is 889. The molecule has 2 heterocycles. The van der Waals surface area contributed by atoms with Crippen molar-refractivity contribution in [2.75, 3.05) is 6.54 Å². The van der Waals surface area contributed by atoms with E-state index in [9.17, 15) is 9.59 Å². The first kappa shape index (κ1) is 16.4. The van der Waals surface area contributed by atoms with E-state index in [1.165, 1.54) is 22.1 Å². The molecular weight excluding hydrogens is 346 g/mol. The zero-order valence-corrected chi connectivity index (χ0v) is 14.2. The molecule has 24 heavy (non-hydrogen) atoms. The fraction of sp³-hybridized carbons (Fsp3) is 0.118. The van der Waals surface area contributed by atoms with Crippen LogP contribution in [0.4, 0.5) is 0 Å². The van der Waals surface area contributed by atoms with Crippen LogP contribution in [0.3, 0.4) is 0 Å². The van der Waals surface area contributed by atoms with E-state index in [0.29, 0.717) is 28.7 Å². The van der Waals surface area contributed by atoms with Gasteiger partial charge in [0.2, 0.25) is 0 Å². The van der Waals surface area contributed by atoms with Gasteiger partial charge in [-0.25, -0.2) is 4.68 Å². The summed E-state index contributed by atoms with van der Waals surface area (Å²) in [5.41, 5.74) is 1.34. The molecule has 0 aliphatic rings. The summed E-state index contributed by atoms with van der Waals surface area (Å²) in [6.45, 7) is 0.630. The van der Waals surface area contributed by atoms with E-state index in [2.05, 4.69) is 10.4 Å². The standard InChI is InChI=1S/C17H14ClN3O2S/c18-13-5-3-12(4-6-13)14-7-8-16(22)21(20-14)10-9-19-17(23)15-2-1-11-24-15/h1-8,11H,9-10H2,(H,19,23). The van der Waals surface area contributed by atoms with Crippen LogP contribution in [0.25, 0.3) is 11.3 Å². The van der Waals surface area contributed by atoms with E-state index in [-0.39, 0.29) is 11.5 Å². The Kier molecular flexibility index (Phi) is 5.08. The summed E-state index contributed by atoms with van der Waals surface area (Å²) in [6, 6.07) is 14.0. The Morgan fingerprint density at radius 1 is 1.17 bits per heavy atom. The summed E-state index contributed by atoms with van der Waals surface area (Å²) < 4.78 is 1.35. The number of nitrogens with zero attached hydrogens (tertiary/aromatic N) is 2. The number of benzene rings is 1. The fourth-order valence-corrected chi connectivity index (χ4v) is 2.92. The van der Waals surface area contributed by atoms with Gasteiger partial charge in [0.25, 0.3) is 11.5 Å². The van der Waals surface area contributed by atoms with E-state index in [1.807, 2.05) is 23.6 Å². The first-order valence-electron chi connectivity index (χ1n) is 7.29. The third-order valence-corrected chi connectivity index (χ3v) is 4.48. The van der Waals surface area contributed by atoms with Gasteiger partial charge in [-0.1, -0.05) is 29.8 Å². The molecule has 1 amide bonds. The number of thiophene rings is 1. The fourth-order valence-electron chi connectivity index (χ4n) is 2.15. The number of carbonyl (C=O) groups is 1. The molecule has 1 N–H and O–H groups in total. The van der Waals surface area contributed by atoms with Crippen LogP contribution in [0, 0.1) is 0 Å². The number of aromatic nitrogens is 2. The number of amides is 1. The molecule has 0 aliphatic carbocycles. The molecule has 0 saturated carbocycles. The van der Waals surface area contributed by atoms with Crippen molar-refractivity contribution in [1.29, 1.82) is 0 Å². The highest BCUT2D eigenvalue weighted by atomic mass is 35.5. The van der Waals surface area contributed by atoms with Crippen molar-refractivity contribution >= 4 is 28.8 Å². The van der Waals surface area contributed by atoms with Crippen LogP contribution in [0.5, 0.6) is 0 Å². The van der Waals surface area contributed by atoms with Gasteiger partial charge in [0.15, 0.2) is 0 Å². The number of carbonyl (C=O) groups excluding carboxylic acids is 1.